The second kappa shape index (κ2) is 8.11. The smallest absolute Gasteiger partial charge is 0.405 e. The highest BCUT2D eigenvalue weighted by atomic mass is 19.4. The van der Waals surface area contributed by atoms with Crippen LogP contribution in [0.4, 0.5) is 13.2 Å². The van der Waals surface area contributed by atoms with Gasteiger partial charge in [-0.05, 0) is 60.9 Å². The van der Waals surface area contributed by atoms with Gasteiger partial charge in [0, 0.05) is 18.0 Å². The van der Waals surface area contributed by atoms with Crippen molar-refractivity contribution >= 4 is 5.57 Å². The van der Waals surface area contributed by atoms with Gasteiger partial charge in [-0.1, -0.05) is 30.3 Å². The molecular weight excluding hydrogens is 419 g/mol. The first-order chi connectivity index (χ1) is 15.4. The highest BCUT2D eigenvalue weighted by Crippen LogP contribution is 2.45. The molecule has 2 atom stereocenters. The van der Waals surface area contributed by atoms with Crippen LogP contribution in [-0.2, 0) is 4.74 Å². The molecule has 1 spiro atoms. The number of alkyl halides is 3. The van der Waals surface area contributed by atoms with E-state index >= 15 is 0 Å². The average Bonchev–Trinajstić information content (AvgIpc) is 3.45. The molecule has 2 aromatic carbocycles. The molecule has 166 valence electrons. The van der Waals surface area contributed by atoms with Crippen LogP contribution in [0.1, 0.15) is 30.0 Å². The molecular formula is C24H22F3N3O2. The van der Waals surface area contributed by atoms with E-state index in [0.717, 1.165) is 24.9 Å². The van der Waals surface area contributed by atoms with Crippen molar-refractivity contribution in [3.8, 4) is 11.4 Å². The first-order valence-corrected chi connectivity index (χ1v) is 10.5. The summed E-state index contributed by atoms with van der Waals surface area (Å²) in [4.78, 5) is 0. The number of ether oxygens (including phenoxy) is 2. The van der Waals surface area contributed by atoms with E-state index < -0.39 is 12.0 Å². The first kappa shape index (κ1) is 20.8. The van der Waals surface area contributed by atoms with Gasteiger partial charge in [-0.25, -0.2) is 4.68 Å². The van der Waals surface area contributed by atoms with Gasteiger partial charge in [0.15, 0.2) is 0 Å². The lowest BCUT2D eigenvalue weighted by Gasteiger charge is -2.40. The van der Waals surface area contributed by atoms with E-state index in [9.17, 15) is 13.2 Å². The Kier molecular flexibility index (Phi) is 5.27. The number of halogens is 3. The van der Waals surface area contributed by atoms with Crippen LogP contribution in [0.15, 0.2) is 73.1 Å². The fraction of sp³-hybridized carbons (Fsp3) is 0.292. The van der Waals surface area contributed by atoms with Crippen molar-refractivity contribution in [1.82, 2.24) is 15.1 Å². The Hall–Kier alpha value is -3.10. The zero-order valence-electron chi connectivity index (χ0n) is 17.2. The molecule has 3 heterocycles. The standard InChI is InChI=1S/C24H22F3N3O2/c25-24(26,27)32-21-9-8-19(30-13-5-12-29-30)14-20(21)18-15-23(31-16-18)10-4-11-28-22(23)17-6-2-1-3-7-17/h1-3,5-9,12-15,22,28H,4,10-11,16H2/t22-,23+/m0/s1. The van der Waals surface area contributed by atoms with E-state index in [0.29, 0.717) is 16.8 Å². The summed E-state index contributed by atoms with van der Waals surface area (Å²) in [5.74, 6) is -0.250. The van der Waals surface area contributed by atoms with Gasteiger partial charge in [0.05, 0.1) is 18.3 Å². The highest BCUT2D eigenvalue weighted by Gasteiger charge is 2.45. The number of benzene rings is 2. The van der Waals surface area contributed by atoms with Gasteiger partial charge in [0.25, 0.3) is 0 Å². The Morgan fingerprint density at radius 2 is 1.97 bits per heavy atom. The summed E-state index contributed by atoms with van der Waals surface area (Å²) in [5.41, 5.74) is 2.11. The predicted octanol–water partition coefficient (Wildman–Crippen LogP) is 5.05. The van der Waals surface area contributed by atoms with Crippen LogP contribution in [-0.4, -0.2) is 34.9 Å². The van der Waals surface area contributed by atoms with Gasteiger partial charge in [-0.2, -0.15) is 5.10 Å². The lowest BCUT2D eigenvalue weighted by Crippen LogP contribution is -2.47. The average molecular weight is 441 g/mol. The van der Waals surface area contributed by atoms with Crippen LogP contribution in [0.5, 0.6) is 5.75 Å². The summed E-state index contributed by atoms with van der Waals surface area (Å²) in [7, 11) is 0. The van der Waals surface area contributed by atoms with Crippen LogP contribution < -0.4 is 10.1 Å². The summed E-state index contributed by atoms with van der Waals surface area (Å²) in [6.45, 7) is 1.05. The quantitative estimate of drug-likeness (QED) is 0.616. The van der Waals surface area contributed by atoms with Gasteiger partial charge >= 0.3 is 6.36 Å². The van der Waals surface area contributed by atoms with E-state index in [1.54, 1.807) is 35.3 Å². The van der Waals surface area contributed by atoms with Gasteiger partial charge < -0.3 is 14.8 Å². The zero-order chi connectivity index (χ0) is 22.2. The van der Waals surface area contributed by atoms with Gasteiger partial charge in [0.1, 0.15) is 11.4 Å². The molecule has 0 unspecified atom stereocenters. The third kappa shape index (κ3) is 4.03. The second-order valence-electron chi connectivity index (χ2n) is 7.99. The molecule has 1 aromatic heterocycles. The van der Waals surface area contributed by atoms with Gasteiger partial charge in [-0.3, -0.25) is 0 Å². The van der Waals surface area contributed by atoms with Crippen LogP contribution in [0, 0.1) is 0 Å². The molecule has 5 nitrogen and oxygen atoms in total. The van der Waals surface area contributed by atoms with E-state index in [-0.39, 0.29) is 18.4 Å². The number of aromatic nitrogens is 2. The van der Waals surface area contributed by atoms with E-state index in [1.165, 1.54) is 6.07 Å². The third-order valence-corrected chi connectivity index (χ3v) is 5.93. The lowest BCUT2D eigenvalue weighted by atomic mass is 9.81. The van der Waals surface area contributed by atoms with Crippen molar-refractivity contribution in [2.75, 3.05) is 13.2 Å². The van der Waals surface area contributed by atoms with Crippen LogP contribution in [0.25, 0.3) is 11.3 Å². The number of nitrogens with one attached hydrogen (secondary N) is 1. The lowest BCUT2D eigenvalue weighted by molar-refractivity contribution is -0.274. The summed E-state index contributed by atoms with van der Waals surface area (Å²) in [5, 5.41) is 7.72. The second-order valence-corrected chi connectivity index (χ2v) is 7.99. The summed E-state index contributed by atoms with van der Waals surface area (Å²) in [6, 6.07) is 16.2. The minimum Gasteiger partial charge on any atom is -0.405 e. The van der Waals surface area contributed by atoms with Crippen molar-refractivity contribution in [1.29, 1.82) is 0 Å². The van der Waals surface area contributed by atoms with E-state index in [1.807, 2.05) is 36.4 Å². The summed E-state index contributed by atoms with van der Waals surface area (Å²) >= 11 is 0. The molecule has 2 aliphatic rings. The Morgan fingerprint density at radius 1 is 1.12 bits per heavy atom. The number of hydrogen-bond acceptors (Lipinski definition) is 4. The molecule has 0 amide bonds. The van der Waals surface area contributed by atoms with Crippen LogP contribution in [0.3, 0.4) is 0 Å². The maximum atomic E-state index is 13.1. The molecule has 0 radical (unpaired) electrons. The fourth-order valence-corrected chi connectivity index (χ4v) is 4.58. The fourth-order valence-electron chi connectivity index (χ4n) is 4.58. The minimum absolute atomic E-state index is 0.0868. The van der Waals surface area contributed by atoms with Crippen LogP contribution >= 0.6 is 0 Å². The van der Waals surface area contributed by atoms with Gasteiger partial charge in [-0.15, -0.1) is 13.2 Å². The number of hydrogen-bond donors (Lipinski definition) is 1. The first-order valence-electron chi connectivity index (χ1n) is 10.5. The van der Waals surface area contributed by atoms with Crippen molar-refractivity contribution in [2.24, 2.45) is 0 Å². The molecule has 5 rings (SSSR count). The van der Waals surface area contributed by atoms with Crippen molar-refractivity contribution in [3.05, 3.63) is 84.2 Å². The zero-order valence-corrected chi connectivity index (χ0v) is 17.2. The normalized spacial score (nSPS) is 23.3. The summed E-state index contributed by atoms with van der Waals surface area (Å²) in [6.07, 6.45) is 2.22. The third-order valence-electron chi connectivity index (χ3n) is 5.93. The Balaban J connectivity index is 1.57. The largest absolute Gasteiger partial charge is 0.573 e. The molecule has 2 aliphatic heterocycles. The monoisotopic (exact) mass is 441 g/mol. The Bertz CT molecular complexity index is 1110. The van der Waals surface area contributed by atoms with E-state index in [2.05, 4.69) is 15.2 Å². The highest BCUT2D eigenvalue weighted by molar-refractivity contribution is 5.75. The number of rotatable bonds is 4. The molecule has 1 fully saturated rings. The van der Waals surface area contributed by atoms with Crippen molar-refractivity contribution in [3.63, 3.8) is 0 Å². The van der Waals surface area contributed by atoms with Gasteiger partial charge in [0.2, 0.25) is 0 Å². The molecule has 0 saturated carbocycles. The molecule has 1 N–H and O–H groups in total. The van der Waals surface area contributed by atoms with E-state index in [4.69, 9.17) is 4.74 Å². The molecule has 32 heavy (non-hydrogen) atoms. The topological polar surface area (TPSA) is 48.3 Å². The maximum Gasteiger partial charge on any atom is 0.573 e. The maximum absolute atomic E-state index is 13.1. The SMILES string of the molecule is FC(F)(F)Oc1ccc(-n2cccn2)cc1C1=C[C@@]2(CCCN[C@H]2c2ccccc2)OC1. The number of nitrogens with zero attached hydrogens (tertiary/aromatic N) is 2. The van der Waals surface area contributed by atoms with Crippen LogP contribution in [0.2, 0.25) is 0 Å². The minimum atomic E-state index is -4.79. The molecule has 3 aromatic rings. The predicted molar refractivity (Wildman–Crippen MR) is 113 cm³/mol. The molecule has 0 aliphatic carbocycles. The summed E-state index contributed by atoms with van der Waals surface area (Å²) < 4.78 is 51.6. The molecule has 0 bridgehead atoms. The number of piperidine rings is 1. The Morgan fingerprint density at radius 3 is 2.72 bits per heavy atom. The molecule has 8 heteroatoms. The van der Waals surface area contributed by atoms with Crippen molar-refractivity contribution < 1.29 is 22.6 Å². The Labute approximate surface area is 183 Å². The van der Waals surface area contributed by atoms with Crippen molar-refractivity contribution in [2.45, 2.75) is 30.8 Å². The molecule has 1 saturated heterocycles.